The van der Waals surface area contributed by atoms with E-state index in [0.717, 1.165) is 5.56 Å². The molecule has 0 radical (unpaired) electrons. The summed E-state index contributed by atoms with van der Waals surface area (Å²) in [7, 11) is 0. The van der Waals surface area contributed by atoms with Crippen LogP contribution in [0.25, 0.3) is 16.5 Å². The van der Waals surface area contributed by atoms with Crippen molar-refractivity contribution in [2.24, 2.45) is 10.5 Å². The maximum atomic E-state index is 13.6. The van der Waals surface area contributed by atoms with Crippen LogP contribution in [0.1, 0.15) is 64.4 Å². The average molecular weight is 601 g/mol. The highest BCUT2D eigenvalue weighted by Crippen LogP contribution is 2.39. The van der Waals surface area contributed by atoms with Crippen LogP contribution in [0.15, 0.2) is 35.5 Å². The molecule has 4 N–H and O–H groups in total. The number of imide groups is 2. The first-order valence-electron chi connectivity index (χ1n) is 13.9. The minimum absolute atomic E-state index is 0.117. The highest BCUT2D eigenvalue weighted by Gasteiger charge is 2.59. The lowest BCUT2D eigenvalue weighted by Gasteiger charge is -2.46. The highest BCUT2D eigenvalue weighted by atomic mass is 16.4. The third-order valence-corrected chi connectivity index (χ3v) is 7.41. The molecule has 1 aliphatic heterocycles. The Labute approximate surface area is 247 Å². The van der Waals surface area contributed by atoms with Crippen LogP contribution in [-0.4, -0.2) is 86.0 Å². The molecule has 4 amide bonds. The number of rotatable bonds is 18. The number of carbonyl (C=O) groups is 6. The number of nitrogens with zero attached hydrogens (tertiary/aromatic N) is 5. The van der Waals surface area contributed by atoms with Gasteiger partial charge in [-0.05, 0) is 56.2 Å². The van der Waals surface area contributed by atoms with E-state index in [0.29, 0.717) is 35.0 Å². The zero-order valence-corrected chi connectivity index (χ0v) is 24.0. The number of amides is 4. The van der Waals surface area contributed by atoms with Gasteiger partial charge in [0.15, 0.2) is 0 Å². The number of hydrogen-bond donors (Lipinski definition) is 4. The molecule has 43 heavy (non-hydrogen) atoms. The van der Waals surface area contributed by atoms with Crippen LogP contribution in [0.4, 0.5) is 10.5 Å². The Morgan fingerprint density at radius 1 is 0.953 bits per heavy atom. The summed E-state index contributed by atoms with van der Waals surface area (Å²) in [5.41, 5.74) is 7.99. The van der Waals surface area contributed by atoms with Crippen molar-refractivity contribution in [2.45, 2.75) is 70.9 Å². The molecule has 1 aromatic carbocycles. The van der Waals surface area contributed by atoms with Gasteiger partial charge in [-0.2, -0.15) is 0 Å². The van der Waals surface area contributed by atoms with E-state index >= 15 is 0 Å². The van der Waals surface area contributed by atoms with Crippen molar-refractivity contribution >= 4 is 47.5 Å². The van der Waals surface area contributed by atoms with Gasteiger partial charge in [0.05, 0.1) is 0 Å². The van der Waals surface area contributed by atoms with E-state index in [2.05, 4.69) is 15.3 Å². The van der Waals surface area contributed by atoms with Gasteiger partial charge in [0, 0.05) is 23.6 Å². The summed E-state index contributed by atoms with van der Waals surface area (Å²) in [5.74, 6) is -6.56. The molecular weight excluding hydrogens is 564 g/mol. The number of nitrogens with one attached hydrogen (secondary N) is 1. The molecule has 1 unspecified atom stereocenters. The number of aliphatic carboxylic acids is 3. The van der Waals surface area contributed by atoms with Crippen LogP contribution < -0.4 is 5.32 Å². The first kappa shape index (κ1) is 34.5. The van der Waals surface area contributed by atoms with Crippen molar-refractivity contribution < 1.29 is 44.1 Å². The maximum Gasteiger partial charge on any atom is 0.335 e. The molecular formula is C28H36N6O9. The molecule has 15 nitrogen and oxygen atoms in total. The van der Waals surface area contributed by atoms with Gasteiger partial charge in [-0.1, -0.05) is 55.4 Å². The molecule has 0 bridgehead atoms. The number of carboxylic acid groups (broad SMARTS) is 3. The van der Waals surface area contributed by atoms with E-state index < -0.39 is 66.1 Å². The van der Waals surface area contributed by atoms with E-state index in [9.17, 15) is 39.0 Å². The summed E-state index contributed by atoms with van der Waals surface area (Å²) in [6, 6.07) is 2.02. The fraction of sp³-hybridized carbons (Fsp3) is 0.500. The summed E-state index contributed by atoms with van der Waals surface area (Å²) in [5, 5.41) is 35.5. The van der Waals surface area contributed by atoms with E-state index in [4.69, 9.17) is 10.6 Å². The predicted molar refractivity (Wildman–Crippen MR) is 153 cm³/mol. The summed E-state index contributed by atoms with van der Waals surface area (Å²) in [4.78, 5) is 79.5. The number of urea groups is 1. The molecule has 0 spiro atoms. The quantitative estimate of drug-likeness (QED) is 0.0626. The van der Waals surface area contributed by atoms with Gasteiger partial charge in [0.25, 0.3) is 0 Å². The molecule has 15 heteroatoms. The first-order valence-corrected chi connectivity index (χ1v) is 13.9. The highest BCUT2D eigenvalue weighted by molar-refractivity contribution is 6.21. The molecule has 1 fully saturated rings. The Morgan fingerprint density at radius 2 is 1.51 bits per heavy atom. The molecule has 2 atom stereocenters. The minimum Gasteiger partial charge on any atom is -0.481 e. The minimum atomic E-state index is -1.89. The molecule has 232 valence electrons. The summed E-state index contributed by atoms with van der Waals surface area (Å²) >= 11 is 0. The first-order chi connectivity index (χ1) is 20.4. The lowest BCUT2D eigenvalue weighted by atomic mass is 9.77. The Morgan fingerprint density at radius 3 is 2.00 bits per heavy atom. The fourth-order valence-corrected chi connectivity index (χ4v) is 4.91. The van der Waals surface area contributed by atoms with Crippen LogP contribution in [0.5, 0.6) is 0 Å². The van der Waals surface area contributed by atoms with Gasteiger partial charge in [-0.3, -0.25) is 14.4 Å². The Hall–Kier alpha value is -4.75. The van der Waals surface area contributed by atoms with Gasteiger partial charge >= 0.3 is 23.9 Å². The molecule has 0 aliphatic carbocycles. The summed E-state index contributed by atoms with van der Waals surface area (Å²) < 4.78 is 0. The second-order valence-corrected chi connectivity index (χ2v) is 9.95. The van der Waals surface area contributed by atoms with E-state index in [1.165, 1.54) is 13.8 Å². The molecule has 2 rings (SSSR count). The molecule has 1 heterocycles. The Kier molecular flexibility index (Phi) is 12.8. The van der Waals surface area contributed by atoms with Crippen LogP contribution >= 0.6 is 0 Å². The number of azide groups is 1. The van der Waals surface area contributed by atoms with E-state index in [1.807, 2.05) is 12.2 Å². The molecule has 1 aromatic rings. The topological polar surface area (TPSA) is 230 Å². The smallest absolute Gasteiger partial charge is 0.335 e. The Bertz CT molecular complexity index is 1290. The zero-order chi connectivity index (χ0) is 32.2. The van der Waals surface area contributed by atoms with Crippen molar-refractivity contribution in [2.75, 3.05) is 13.1 Å². The molecule has 1 aliphatic rings. The number of carboxylic acids is 3. The molecule has 0 aromatic heterocycles. The van der Waals surface area contributed by atoms with Gasteiger partial charge in [-0.15, -0.1) is 0 Å². The van der Waals surface area contributed by atoms with Crippen molar-refractivity contribution in [3.8, 4) is 0 Å². The predicted octanol–water partition coefficient (Wildman–Crippen LogP) is 3.77. The van der Waals surface area contributed by atoms with E-state index in [1.54, 1.807) is 24.3 Å². The zero-order valence-electron chi connectivity index (χ0n) is 24.0. The average Bonchev–Trinajstić information content (AvgIpc) is 2.96. The lowest BCUT2D eigenvalue weighted by Crippen LogP contribution is -2.70. The van der Waals surface area contributed by atoms with Gasteiger partial charge in [0.1, 0.15) is 17.5 Å². The van der Waals surface area contributed by atoms with Crippen molar-refractivity contribution in [1.29, 1.82) is 0 Å². The second-order valence-electron chi connectivity index (χ2n) is 9.95. The normalized spacial score (nSPS) is 16.2. The fourth-order valence-electron chi connectivity index (χ4n) is 4.91. The third kappa shape index (κ3) is 8.40. The largest absolute Gasteiger partial charge is 0.481 e. The molecule has 0 saturated carbocycles. The second kappa shape index (κ2) is 16.0. The summed E-state index contributed by atoms with van der Waals surface area (Å²) in [6.07, 6.45) is 2.86. The number of carbonyl (C=O) groups excluding carboxylic acids is 3. The maximum absolute atomic E-state index is 13.6. The van der Waals surface area contributed by atoms with E-state index in [-0.39, 0.29) is 25.7 Å². The third-order valence-electron chi connectivity index (χ3n) is 7.41. The number of hydrogen-bond acceptors (Lipinski definition) is 8. The van der Waals surface area contributed by atoms with Gasteiger partial charge in [0.2, 0.25) is 11.8 Å². The Balaban J connectivity index is 2.11. The lowest BCUT2D eigenvalue weighted by molar-refractivity contribution is -0.170. The van der Waals surface area contributed by atoms with Crippen molar-refractivity contribution in [3.05, 3.63) is 46.3 Å². The van der Waals surface area contributed by atoms with Crippen LogP contribution in [0, 0.1) is 5.41 Å². The van der Waals surface area contributed by atoms with Crippen LogP contribution in [0.2, 0.25) is 0 Å². The monoisotopic (exact) mass is 600 g/mol. The number of benzene rings is 1. The van der Waals surface area contributed by atoms with Crippen molar-refractivity contribution in [1.82, 2.24) is 15.1 Å². The number of unbranched alkanes of at least 4 members (excludes halogenated alkanes) is 1. The van der Waals surface area contributed by atoms with Crippen molar-refractivity contribution in [3.63, 3.8) is 0 Å². The van der Waals surface area contributed by atoms with Gasteiger partial charge in [-0.25, -0.2) is 24.2 Å². The molecule has 1 saturated heterocycles. The number of barbiturate groups is 1. The summed E-state index contributed by atoms with van der Waals surface area (Å²) in [6.45, 7) is 4.01. The SMILES string of the molecule is CCC1(CC)C(=O)N(C(CCC(=O)O)C(=O)O)C(=O)N([C@@H](CCCCNCC=Cc2ccc(N=[N+]=[N-])cc2)C(=O)O)C1=O. The van der Waals surface area contributed by atoms with Gasteiger partial charge < -0.3 is 20.6 Å². The van der Waals surface area contributed by atoms with Crippen LogP contribution in [-0.2, 0) is 24.0 Å². The van der Waals surface area contributed by atoms with Crippen LogP contribution in [0.3, 0.4) is 0 Å². The standard InChI is InChI=1S/C28H36N6O9/c1-3-28(4-2)25(41)33(27(43)34(26(28)42)21(24(39)40)14-15-22(35)36)20(23(37)38)9-5-6-16-30-17-7-8-18-10-12-19(13-11-18)31-32-29/h7-8,10-13,20-21,30H,3-6,9,14-17H2,1-2H3,(H,35,36)(H,37,38)(H,39,40)/t20-,21?/m0/s1.